The molecule has 0 aromatic heterocycles. The van der Waals surface area contributed by atoms with E-state index in [1.165, 1.54) is 7.14 Å². The molecule has 0 fully saturated rings. The largest absolute Gasteiger partial charge is 1.00 e. The van der Waals surface area contributed by atoms with Crippen LogP contribution in [0.2, 0.25) is 0 Å². The van der Waals surface area contributed by atoms with Crippen LogP contribution in [0.5, 0.6) is 11.5 Å². The van der Waals surface area contributed by atoms with E-state index in [-0.39, 0.29) is 45.2 Å². The molecule has 0 amide bonds. The van der Waals surface area contributed by atoms with E-state index >= 15 is 0 Å². The van der Waals surface area contributed by atoms with E-state index in [4.69, 9.17) is 9.47 Å². The van der Waals surface area contributed by atoms with Gasteiger partial charge >= 0.3 is 21.2 Å². The third-order valence-corrected chi connectivity index (χ3v) is 5.00. The molecule has 0 heterocycles. The summed E-state index contributed by atoms with van der Waals surface area (Å²) in [7, 11) is 3.38. The van der Waals surface area contributed by atoms with E-state index in [1.807, 2.05) is 24.3 Å². The Hall–Kier alpha value is -0.500. The monoisotopic (exact) mass is 468 g/mol. The topological polar surface area (TPSA) is 18.5 Å². The number of benzene rings is 2. The molecule has 0 aliphatic heterocycles. The highest BCUT2D eigenvalue weighted by atomic mass is 127. The number of hydrogen-bond donors (Lipinski definition) is 0. The van der Waals surface area contributed by atoms with Crippen LogP contribution in [0.3, 0.4) is 0 Å². The Morgan fingerprint density at radius 2 is 1.00 bits per heavy atom. The third-order valence-electron chi connectivity index (χ3n) is 2.32. The van der Waals surface area contributed by atoms with Gasteiger partial charge in [-0.25, -0.2) is 0 Å². The number of ether oxygens (including phenoxy) is 2. The molecule has 96 valence electrons. The van der Waals surface area contributed by atoms with Crippen molar-refractivity contribution in [3.05, 3.63) is 55.7 Å². The zero-order chi connectivity index (χ0) is 12.1. The molecule has 0 N–H and O–H groups in total. The SMILES string of the molecule is COc1ccc([I+]c2ccc(OC)cc2)cc1.[I-]. The molecule has 0 atom stereocenters. The summed E-state index contributed by atoms with van der Waals surface area (Å²) >= 11 is -0.119. The summed E-state index contributed by atoms with van der Waals surface area (Å²) in [6.45, 7) is 0. The summed E-state index contributed by atoms with van der Waals surface area (Å²) in [6, 6.07) is 16.6. The van der Waals surface area contributed by atoms with Gasteiger partial charge in [0.1, 0.15) is 11.5 Å². The van der Waals surface area contributed by atoms with Crippen molar-refractivity contribution < 1.29 is 54.7 Å². The Balaban J connectivity index is 0.00000162. The second-order valence-electron chi connectivity index (χ2n) is 3.41. The minimum atomic E-state index is -0.119. The highest BCUT2D eigenvalue weighted by Crippen LogP contribution is 2.07. The maximum absolute atomic E-state index is 5.15. The molecule has 2 aromatic rings. The lowest BCUT2D eigenvalue weighted by Crippen LogP contribution is -3.61. The van der Waals surface area contributed by atoms with Crippen LogP contribution in [0.4, 0.5) is 0 Å². The van der Waals surface area contributed by atoms with Crippen LogP contribution in [-0.4, -0.2) is 14.2 Å². The number of halogens is 2. The van der Waals surface area contributed by atoms with Crippen LogP contribution in [0, 0.1) is 7.14 Å². The minimum Gasteiger partial charge on any atom is -1.00 e. The fraction of sp³-hybridized carbons (Fsp3) is 0.143. The van der Waals surface area contributed by atoms with Gasteiger partial charge in [-0.2, -0.15) is 0 Å². The lowest BCUT2D eigenvalue weighted by atomic mass is 10.3. The lowest BCUT2D eigenvalue weighted by molar-refractivity contribution is -0.597. The Morgan fingerprint density at radius 1 is 0.667 bits per heavy atom. The fourth-order valence-corrected chi connectivity index (χ4v) is 3.55. The molecule has 0 bridgehead atoms. The molecule has 2 nitrogen and oxygen atoms in total. The van der Waals surface area contributed by atoms with Crippen molar-refractivity contribution in [2.45, 2.75) is 0 Å². The zero-order valence-corrected chi connectivity index (χ0v) is 14.5. The molecule has 2 aromatic carbocycles. The Labute approximate surface area is 135 Å². The van der Waals surface area contributed by atoms with Gasteiger partial charge in [0.25, 0.3) is 0 Å². The molecule has 4 heteroatoms. The normalized spacial score (nSPS) is 9.44. The summed E-state index contributed by atoms with van der Waals surface area (Å²) in [5, 5.41) is 0. The van der Waals surface area contributed by atoms with Gasteiger partial charge in [-0.05, 0) is 48.5 Å². The van der Waals surface area contributed by atoms with Crippen LogP contribution in [-0.2, 0) is 0 Å². The van der Waals surface area contributed by atoms with Gasteiger partial charge in [-0.1, -0.05) is 0 Å². The number of methoxy groups -OCH3 is 2. The highest BCUT2D eigenvalue weighted by Gasteiger charge is 2.15. The van der Waals surface area contributed by atoms with Crippen LogP contribution in [0.25, 0.3) is 0 Å². The molecular weight excluding hydrogens is 454 g/mol. The standard InChI is InChI=1S/C14H14IO2.HI/c1-16-13-7-3-11(4-8-13)15-12-5-9-14(17-2)10-6-12;/h3-10H,1-2H3;1H/q+1;/p-1. The van der Waals surface area contributed by atoms with E-state index in [9.17, 15) is 0 Å². The maximum Gasteiger partial charge on any atom is 0.357 e. The van der Waals surface area contributed by atoms with Gasteiger partial charge in [0.05, 0.1) is 14.2 Å². The minimum absolute atomic E-state index is 0. The summed E-state index contributed by atoms with van der Waals surface area (Å²) in [5.74, 6) is 1.82. The van der Waals surface area contributed by atoms with Gasteiger partial charge in [0, 0.05) is 0 Å². The smallest absolute Gasteiger partial charge is 0.357 e. The summed E-state index contributed by atoms with van der Waals surface area (Å²) in [4.78, 5) is 0. The first-order valence-corrected chi connectivity index (χ1v) is 7.40. The Morgan fingerprint density at radius 3 is 1.28 bits per heavy atom. The molecule has 18 heavy (non-hydrogen) atoms. The van der Waals surface area contributed by atoms with Gasteiger partial charge in [0.2, 0.25) is 0 Å². The second kappa shape index (κ2) is 7.83. The van der Waals surface area contributed by atoms with Gasteiger partial charge < -0.3 is 33.5 Å². The molecule has 0 spiro atoms. The fourth-order valence-electron chi connectivity index (χ4n) is 1.39. The molecule has 0 radical (unpaired) electrons. The molecule has 0 unspecified atom stereocenters. The Bertz CT molecular complexity index is 421. The van der Waals surface area contributed by atoms with Crippen molar-refractivity contribution in [1.29, 1.82) is 0 Å². The maximum atomic E-state index is 5.15. The number of rotatable bonds is 4. The summed E-state index contributed by atoms with van der Waals surface area (Å²) < 4.78 is 13.1. The molecule has 0 saturated heterocycles. The van der Waals surface area contributed by atoms with Crippen LogP contribution >= 0.6 is 0 Å². The average Bonchev–Trinajstić information content (AvgIpc) is 2.40. The van der Waals surface area contributed by atoms with E-state index in [2.05, 4.69) is 24.3 Å². The quantitative estimate of drug-likeness (QED) is 0.442. The second-order valence-corrected chi connectivity index (χ2v) is 6.44. The first-order valence-electron chi connectivity index (χ1n) is 5.25. The van der Waals surface area contributed by atoms with Gasteiger partial charge in [-0.15, -0.1) is 0 Å². The van der Waals surface area contributed by atoms with Crippen molar-refractivity contribution >= 4 is 0 Å². The van der Waals surface area contributed by atoms with E-state index in [0.717, 1.165) is 11.5 Å². The molecular formula is C14H14I2O2. The molecule has 2 rings (SSSR count). The van der Waals surface area contributed by atoms with Crippen LogP contribution in [0.15, 0.2) is 48.5 Å². The van der Waals surface area contributed by atoms with Crippen molar-refractivity contribution in [2.24, 2.45) is 0 Å². The van der Waals surface area contributed by atoms with E-state index in [1.54, 1.807) is 14.2 Å². The zero-order valence-electron chi connectivity index (χ0n) is 10.2. The Kier molecular flexibility index (Phi) is 6.77. The predicted molar refractivity (Wildman–Crippen MR) is 63.4 cm³/mol. The summed E-state index contributed by atoms with van der Waals surface area (Å²) in [6.07, 6.45) is 0. The van der Waals surface area contributed by atoms with Crippen molar-refractivity contribution in [1.82, 2.24) is 0 Å². The van der Waals surface area contributed by atoms with E-state index in [0.29, 0.717) is 0 Å². The van der Waals surface area contributed by atoms with Gasteiger partial charge in [-0.3, -0.25) is 0 Å². The van der Waals surface area contributed by atoms with Crippen molar-refractivity contribution in [2.75, 3.05) is 14.2 Å². The van der Waals surface area contributed by atoms with Crippen molar-refractivity contribution in [3.8, 4) is 11.5 Å². The number of hydrogen-bond acceptors (Lipinski definition) is 2. The molecule has 0 aliphatic carbocycles. The first-order chi connectivity index (χ1) is 8.31. The van der Waals surface area contributed by atoms with Crippen molar-refractivity contribution in [3.63, 3.8) is 0 Å². The molecule has 0 saturated carbocycles. The molecule has 0 aliphatic rings. The summed E-state index contributed by atoms with van der Waals surface area (Å²) in [5.41, 5.74) is 0. The lowest BCUT2D eigenvalue weighted by Gasteiger charge is -1.97. The third kappa shape index (κ3) is 4.31. The predicted octanol–water partition coefficient (Wildman–Crippen LogP) is -3.16. The van der Waals surface area contributed by atoms with Crippen LogP contribution in [0.1, 0.15) is 0 Å². The van der Waals surface area contributed by atoms with Gasteiger partial charge in [0.15, 0.2) is 7.14 Å². The average molecular weight is 468 g/mol. The van der Waals surface area contributed by atoms with Crippen LogP contribution < -0.4 is 54.7 Å². The first kappa shape index (κ1) is 15.6. The highest BCUT2D eigenvalue weighted by molar-refractivity contribution is 5.22. The van der Waals surface area contributed by atoms with E-state index < -0.39 is 0 Å².